The molecule has 0 radical (unpaired) electrons. The van der Waals surface area contributed by atoms with Crippen LogP contribution in [0.5, 0.6) is 5.75 Å². The number of esters is 2. The lowest BCUT2D eigenvalue weighted by molar-refractivity contribution is -0.180. The number of hydrogen-bond donors (Lipinski definition) is 6. The first-order chi connectivity index (χ1) is 19.4. The predicted octanol–water partition coefficient (Wildman–Crippen LogP) is -1.42. The molecule has 1 aromatic carbocycles. The van der Waals surface area contributed by atoms with Gasteiger partial charge in [-0.15, -0.1) is 0 Å². The Hall–Kier alpha value is -3.56. The molecule has 6 N–H and O–H groups in total. The van der Waals surface area contributed by atoms with Gasteiger partial charge < -0.3 is 49.7 Å². The quantitative estimate of drug-likeness (QED) is 0.186. The molecule has 4 aliphatic rings. The molecule has 0 unspecified atom stereocenters. The fourth-order valence-corrected chi connectivity index (χ4v) is 6.86. The molecule has 0 amide bonds. The van der Waals surface area contributed by atoms with Gasteiger partial charge >= 0.3 is 23.9 Å². The molecule has 2 aliphatic heterocycles. The van der Waals surface area contributed by atoms with Crippen molar-refractivity contribution in [1.29, 1.82) is 0 Å². The minimum absolute atomic E-state index is 0.0349. The van der Waals surface area contributed by atoms with E-state index in [0.29, 0.717) is 37.1 Å². The summed E-state index contributed by atoms with van der Waals surface area (Å²) in [6.45, 7) is 0.390. The van der Waals surface area contributed by atoms with Crippen molar-refractivity contribution in [3.63, 3.8) is 0 Å². The minimum Gasteiger partial charge on any atom is -0.481 e. The fraction of sp³-hybridized carbons (Fsp3) is 0.556. The molecular weight excluding hydrogens is 546 g/mol. The minimum atomic E-state index is -2.59. The van der Waals surface area contributed by atoms with Gasteiger partial charge in [0.1, 0.15) is 11.5 Å². The van der Waals surface area contributed by atoms with E-state index in [9.17, 15) is 44.7 Å². The van der Waals surface area contributed by atoms with E-state index >= 15 is 0 Å². The van der Waals surface area contributed by atoms with E-state index in [1.165, 1.54) is 6.08 Å². The second-order valence-corrected chi connectivity index (χ2v) is 10.9. The summed E-state index contributed by atoms with van der Waals surface area (Å²) >= 11 is 0. The summed E-state index contributed by atoms with van der Waals surface area (Å²) in [5.74, 6) is -6.15. The Morgan fingerprint density at radius 3 is 2.54 bits per heavy atom. The van der Waals surface area contributed by atoms with Crippen molar-refractivity contribution >= 4 is 23.9 Å². The third-order valence-electron chi connectivity index (χ3n) is 8.76. The van der Waals surface area contributed by atoms with E-state index in [0.717, 1.165) is 11.1 Å². The molecule has 222 valence electrons. The number of carbonyl (C=O) groups excluding carboxylic acids is 2. The highest BCUT2D eigenvalue weighted by atomic mass is 16.6. The maximum absolute atomic E-state index is 12.9. The molecule has 5 rings (SSSR count). The second kappa shape index (κ2) is 10.4. The zero-order chi connectivity index (χ0) is 29.9. The van der Waals surface area contributed by atoms with E-state index in [-0.39, 0.29) is 24.8 Å². The topological polar surface area (TPSA) is 221 Å². The summed E-state index contributed by atoms with van der Waals surface area (Å²) in [5.41, 5.74) is -0.0810. The highest BCUT2D eigenvalue weighted by Gasteiger charge is 2.70. The van der Waals surface area contributed by atoms with Crippen molar-refractivity contribution < 1.29 is 64.0 Å². The fourth-order valence-electron chi connectivity index (χ4n) is 6.86. The Balaban J connectivity index is 1.43. The molecule has 2 aliphatic carbocycles. The van der Waals surface area contributed by atoms with Crippen LogP contribution in [0.1, 0.15) is 42.4 Å². The summed E-state index contributed by atoms with van der Waals surface area (Å²) < 4.78 is 16.5. The number of nitrogens with zero attached hydrogens (tertiary/aromatic N) is 1. The Morgan fingerprint density at radius 2 is 1.88 bits per heavy atom. The molecule has 1 fully saturated rings. The van der Waals surface area contributed by atoms with Gasteiger partial charge in [-0.25, -0.2) is 14.4 Å². The second-order valence-electron chi connectivity index (χ2n) is 10.9. The third kappa shape index (κ3) is 4.37. The van der Waals surface area contributed by atoms with Crippen LogP contribution in [0.15, 0.2) is 24.0 Å². The van der Waals surface area contributed by atoms with Crippen LogP contribution in [0.3, 0.4) is 0 Å². The van der Waals surface area contributed by atoms with Gasteiger partial charge in [0.25, 0.3) is 0 Å². The summed E-state index contributed by atoms with van der Waals surface area (Å²) in [6.07, 6.45) is -5.94. The molecule has 2 bridgehead atoms. The highest BCUT2D eigenvalue weighted by Crippen LogP contribution is 2.64. The average molecular weight is 578 g/mol. The number of carboxylic acids is 2. The number of carboxylic acid groups (broad SMARTS) is 2. The Labute approximate surface area is 233 Å². The summed E-state index contributed by atoms with van der Waals surface area (Å²) in [6, 6.07) is 3.40. The largest absolute Gasteiger partial charge is 0.481 e. The zero-order valence-electron chi connectivity index (χ0n) is 22.1. The van der Waals surface area contributed by atoms with E-state index in [1.807, 2.05) is 13.1 Å². The molecule has 41 heavy (non-hydrogen) atoms. The smallest absolute Gasteiger partial charge is 0.345 e. The Kier molecular flexibility index (Phi) is 7.32. The van der Waals surface area contributed by atoms with E-state index < -0.39 is 65.7 Å². The highest BCUT2D eigenvalue weighted by molar-refractivity contribution is 5.87. The number of aliphatic hydroxyl groups is 4. The van der Waals surface area contributed by atoms with Crippen LogP contribution in [0.4, 0.5) is 0 Å². The van der Waals surface area contributed by atoms with Crippen LogP contribution in [0, 0.1) is 0 Å². The lowest BCUT2D eigenvalue weighted by Gasteiger charge is -2.56. The van der Waals surface area contributed by atoms with Gasteiger partial charge in [0, 0.05) is 23.6 Å². The number of likely N-dealkylation sites (N-methyl/N-ethyl adjacent to an activating group) is 1. The number of aliphatic hydroxyl groups excluding tert-OH is 3. The third-order valence-corrected chi connectivity index (χ3v) is 8.76. The number of hydrogen-bond acceptors (Lipinski definition) is 12. The average Bonchev–Trinajstić information content (AvgIpc) is 3.26. The maximum atomic E-state index is 12.9. The summed E-state index contributed by atoms with van der Waals surface area (Å²) in [5, 5.41) is 59.5. The molecule has 2 heterocycles. The van der Waals surface area contributed by atoms with Crippen molar-refractivity contribution in [2.75, 3.05) is 13.6 Å². The predicted molar refractivity (Wildman–Crippen MR) is 133 cm³/mol. The van der Waals surface area contributed by atoms with Crippen molar-refractivity contribution in [2.45, 2.75) is 80.2 Å². The van der Waals surface area contributed by atoms with Crippen LogP contribution in [-0.2, 0) is 47.1 Å². The van der Waals surface area contributed by atoms with Gasteiger partial charge in [-0.3, -0.25) is 4.79 Å². The molecule has 1 spiro atoms. The number of rotatable bonds is 9. The number of ether oxygens (including phenoxy) is 3. The van der Waals surface area contributed by atoms with E-state index in [2.05, 4.69) is 9.64 Å². The number of benzene rings is 1. The first kappa shape index (κ1) is 29.0. The molecule has 14 heteroatoms. The van der Waals surface area contributed by atoms with Gasteiger partial charge in [0.2, 0.25) is 6.10 Å². The lowest BCUT2D eigenvalue weighted by Crippen LogP contribution is -2.69. The van der Waals surface area contributed by atoms with Crippen molar-refractivity contribution in [1.82, 2.24) is 4.90 Å². The molecule has 7 atom stereocenters. The van der Waals surface area contributed by atoms with Gasteiger partial charge in [-0.1, -0.05) is 12.1 Å². The van der Waals surface area contributed by atoms with Gasteiger partial charge in [-0.05, 0) is 44.5 Å². The van der Waals surface area contributed by atoms with Crippen LogP contribution < -0.4 is 4.74 Å². The standard InChI is InChI=1S/C27H31NO13/c1-28-8-2-6-26-18-12-3-4-13(11-29)21(18)41-22(26)14(5-7-27(26,38)16(28)9-12)39-17(30)10-15(23(33)34)40-25(37)20(32)19(31)24(35)36/h3-5,15-16,19-20,22,29,31-32,38H,2,6-11H2,1H3,(H,33,34)(H,35,36)/t15-,16+,19+,20+,22-,26-,27+/m0/s1. The Morgan fingerprint density at radius 1 is 1.15 bits per heavy atom. The summed E-state index contributed by atoms with van der Waals surface area (Å²) in [4.78, 5) is 49.5. The normalized spacial score (nSPS) is 30.0. The SMILES string of the molecule is CN1CCC[C@]23c4c5ccc(CO)c4O[C@H]2C(OC(=O)C[C@H](OC(=O)[C@H](O)[C@@H](O)C(=O)O)C(=O)O)=CC[C@@]3(O)[C@H]1C5. The van der Waals surface area contributed by atoms with Crippen LogP contribution in [-0.4, -0.2) is 109 Å². The lowest BCUT2D eigenvalue weighted by atomic mass is 9.52. The van der Waals surface area contributed by atoms with Crippen molar-refractivity contribution in [2.24, 2.45) is 0 Å². The molecular formula is C27H31NO13. The van der Waals surface area contributed by atoms with Gasteiger partial charge in [-0.2, -0.15) is 0 Å². The van der Waals surface area contributed by atoms with Crippen LogP contribution >= 0.6 is 0 Å². The maximum Gasteiger partial charge on any atom is 0.345 e. The first-order valence-electron chi connectivity index (χ1n) is 13.1. The zero-order valence-corrected chi connectivity index (χ0v) is 22.1. The molecule has 1 saturated heterocycles. The van der Waals surface area contributed by atoms with Crippen molar-refractivity contribution in [3.05, 3.63) is 40.7 Å². The number of likely N-dealkylation sites (tertiary alicyclic amines) is 1. The molecule has 14 nitrogen and oxygen atoms in total. The molecule has 1 aromatic rings. The monoisotopic (exact) mass is 577 g/mol. The van der Waals surface area contributed by atoms with Crippen LogP contribution in [0.2, 0.25) is 0 Å². The summed E-state index contributed by atoms with van der Waals surface area (Å²) in [7, 11) is 1.94. The van der Waals surface area contributed by atoms with Crippen molar-refractivity contribution in [3.8, 4) is 5.75 Å². The van der Waals surface area contributed by atoms with Gasteiger partial charge in [0.05, 0.1) is 24.0 Å². The Bertz CT molecular complexity index is 1330. The van der Waals surface area contributed by atoms with E-state index in [1.54, 1.807) is 6.07 Å². The molecule has 0 saturated carbocycles. The molecule has 0 aromatic heterocycles. The number of carbonyl (C=O) groups is 4. The van der Waals surface area contributed by atoms with Crippen LogP contribution in [0.25, 0.3) is 0 Å². The van der Waals surface area contributed by atoms with Gasteiger partial charge in [0.15, 0.2) is 18.3 Å². The first-order valence-corrected chi connectivity index (χ1v) is 13.1. The van der Waals surface area contributed by atoms with E-state index in [4.69, 9.17) is 14.6 Å². The number of aliphatic carboxylic acids is 2.